The normalized spacial score (nSPS) is 11.1. The van der Waals surface area contributed by atoms with Gasteiger partial charge in [-0.05, 0) is 50.6 Å². The fourth-order valence-electron chi connectivity index (χ4n) is 2.19. The molecular weight excluding hydrogens is 255 g/mol. The van der Waals surface area contributed by atoms with E-state index in [1.807, 2.05) is 0 Å². The summed E-state index contributed by atoms with van der Waals surface area (Å²) in [5, 5.41) is 3.31. The van der Waals surface area contributed by atoms with Crippen LogP contribution in [0, 0.1) is 5.82 Å². The number of methoxy groups -OCH3 is 1. The van der Waals surface area contributed by atoms with Gasteiger partial charge in [0, 0.05) is 31.9 Å². The molecule has 0 fully saturated rings. The van der Waals surface area contributed by atoms with Gasteiger partial charge < -0.3 is 15.0 Å². The number of hydrogen-bond donors (Lipinski definition) is 1. The molecule has 1 rings (SSSR count). The van der Waals surface area contributed by atoms with Crippen molar-refractivity contribution in [2.24, 2.45) is 0 Å². The quantitative estimate of drug-likeness (QED) is 0.704. The highest BCUT2D eigenvalue weighted by Gasteiger charge is 2.12. The first-order chi connectivity index (χ1) is 9.58. The van der Waals surface area contributed by atoms with E-state index in [0.717, 1.165) is 30.8 Å². The Labute approximate surface area is 122 Å². The van der Waals surface area contributed by atoms with Crippen molar-refractivity contribution in [3.05, 3.63) is 29.6 Å². The van der Waals surface area contributed by atoms with Gasteiger partial charge in [-0.1, -0.05) is 6.92 Å². The third-order valence-corrected chi connectivity index (χ3v) is 3.19. The van der Waals surface area contributed by atoms with Gasteiger partial charge >= 0.3 is 0 Å². The van der Waals surface area contributed by atoms with Crippen molar-refractivity contribution in [1.82, 2.24) is 5.32 Å². The van der Waals surface area contributed by atoms with Gasteiger partial charge in [-0.25, -0.2) is 4.39 Å². The van der Waals surface area contributed by atoms with Gasteiger partial charge in [-0.2, -0.15) is 0 Å². The largest absolute Gasteiger partial charge is 0.383 e. The van der Waals surface area contributed by atoms with E-state index in [4.69, 9.17) is 4.74 Å². The highest BCUT2D eigenvalue weighted by molar-refractivity contribution is 5.50. The zero-order valence-electron chi connectivity index (χ0n) is 13.1. The van der Waals surface area contributed by atoms with Crippen molar-refractivity contribution < 1.29 is 9.13 Å². The van der Waals surface area contributed by atoms with Crippen LogP contribution in [0.15, 0.2) is 18.2 Å². The van der Waals surface area contributed by atoms with Crippen LogP contribution in [-0.4, -0.2) is 32.8 Å². The minimum absolute atomic E-state index is 0.182. The van der Waals surface area contributed by atoms with Crippen LogP contribution in [0.3, 0.4) is 0 Å². The zero-order valence-corrected chi connectivity index (χ0v) is 13.1. The third kappa shape index (κ3) is 5.47. The fraction of sp³-hybridized carbons (Fsp3) is 0.625. The molecule has 0 bridgehead atoms. The smallest absolute Gasteiger partial charge is 0.125 e. The minimum atomic E-state index is -0.182. The molecule has 0 aliphatic heterocycles. The number of nitrogens with zero attached hydrogens (tertiary/aromatic N) is 1. The monoisotopic (exact) mass is 282 g/mol. The standard InChI is InChI=1S/C16H27FN2O/c1-5-6-18-12-14-9-15(17)11-16(10-14)19(13(2)3)7-8-20-4/h9-11,13,18H,5-8,12H2,1-4H3. The van der Waals surface area contributed by atoms with Crippen LogP contribution in [0.4, 0.5) is 10.1 Å². The first-order valence-corrected chi connectivity index (χ1v) is 7.34. The van der Waals surface area contributed by atoms with E-state index < -0.39 is 0 Å². The van der Waals surface area contributed by atoms with Gasteiger partial charge in [0.05, 0.1) is 6.61 Å². The summed E-state index contributed by atoms with van der Waals surface area (Å²) in [6, 6.07) is 5.56. The van der Waals surface area contributed by atoms with E-state index in [0.29, 0.717) is 19.2 Å². The van der Waals surface area contributed by atoms with Crippen LogP contribution in [0.25, 0.3) is 0 Å². The summed E-state index contributed by atoms with van der Waals surface area (Å²) in [7, 11) is 1.68. The number of anilines is 1. The molecule has 114 valence electrons. The van der Waals surface area contributed by atoms with E-state index in [1.54, 1.807) is 19.2 Å². The molecule has 0 radical (unpaired) electrons. The Morgan fingerprint density at radius 2 is 2.05 bits per heavy atom. The van der Waals surface area contributed by atoms with E-state index in [1.165, 1.54) is 0 Å². The van der Waals surface area contributed by atoms with E-state index in [9.17, 15) is 4.39 Å². The predicted octanol–water partition coefficient (Wildman–Crippen LogP) is 3.19. The maximum absolute atomic E-state index is 13.8. The lowest BCUT2D eigenvalue weighted by molar-refractivity contribution is 0.204. The Kier molecular flexibility index (Phi) is 7.55. The predicted molar refractivity (Wildman–Crippen MR) is 82.8 cm³/mol. The van der Waals surface area contributed by atoms with Crippen molar-refractivity contribution in [2.75, 3.05) is 31.7 Å². The lowest BCUT2D eigenvalue weighted by atomic mass is 10.1. The Morgan fingerprint density at radius 3 is 2.65 bits per heavy atom. The van der Waals surface area contributed by atoms with Crippen molar-refractivity contribution in [3.63, 3.8) is 0 Å². The summed E-state index contributed by atoms with van der Waals surface area (Å²) in [5.74, 6) is -0.182. The number of nitrogens with one attached hydrogen (secondary N) is 1. The van der Waals surface area contributed by atoms with Gasteiger partial charge in [0.25, 0.3) is 0 Å². The summed E-state index contributed by atoms with van der Waals surface area (Å²) < 4.78 is 18.9. The Morgan fingerprint density at radius 1 is 1.30 bits per heavy atom. The molecule has 0 heterocycles. The van der Waals surface area contributed by atoms with Crippen molar-refractivity contribution >= 4 is 5.69 Å². The number of halogens is 1. The topological polar surface area (TPSA) is 24.5 Å². The minimum Gasteiger partial charge on any atom is -0.383 e. The molecule has 0 aliphatic carbocycles. The molecule has 0 atom stereocenters. The average Bonchev–Trinajstić information content (AvgIpc) is 2.38. The SMILES string of the molecule is CCCNCc1cc(F)cc(N(CCOC)C(C)C)c1. The highest BCUT2D eigenvalue weighted by Crippen LogP contribution is 2.21. The first kappa shape index (κ1) is 16.9. The molecule has 0 saturated heterocycles. The van der Waals surface area contributed by atoms with Crippen LogP contribution in [0.2, 0.25) is 0 Å². The van der Waals surface area contributed by atoms with Crippen LogP contribution < -0.4 is 10.2 Å². The molecule has 0 spiro atoms. The van der Waals surface area contributed by atoms with Crippen molar-refractivity contribution in [3.8, 4) is 0 Å². The Bertz CT molecular complexity index is 396. The summed E-state index contributed by atoms with van der Waals surface area (Å²) in [5.41, 5.74) is 1.90. The number of ether oxygens (including phenoxy) is 1. The second-order valence-electron chi connectivity index (χ2n) is 5.27. The summed E-state index contributed by atoms with van der Waals surface area (Å²) in [4.78, 5) is 2.16. The molecule has 1 N–H and O–H groups in total. The fourth-order valence-corrected chi connectivity index (χ4v) is 2.19. The van der Waals surface area contributed by atoms with Crippen molar-refractivity contribution in [1.29, 1.82) is 0 Å². The van der Waals surface area contributed by atoms with Crippen LogP contribution in [-0.2, 0) is 11.3 Å². The molecule has 20 heavy (non-hydrogen) atoms. The molecular formula is C16H27FN2O. The maximum atomic E-state index is 13.8. The van der Waals surface area contributed by atoms with E-state index in [-0.39, 0.29) is 5.82 Å². The van der Waals surface area contributed by atoms with Gasteiger partial charge in [-0.15, -0.1) is 0 Å². The molecule has 1 aromatic carbocycles. The number of benzene rings is 1. The van der Waals surface area contributed by atoms with Gasteiger partial charge in [0.1, 0.15) is 5.82 Å². The molecule has 3 nitrogen and oxygen atoms in total. The lowest BCUT2D eigenvalue weighted by Gasteiger charge is -2.29. The van der Waals surface area contributed by atoms with E-state index >= 15 is 0 Å². The van der Waals surface area contributed by atoms with Crippen LogP contribution in [0.1, 0.15) is 32.8 Å². The third-order valence-electron chi connectivity index (χ3n) is 3.19. The highest BCUT2D eigenvalue weighted by atomic mass is 19.1. The molecule has 4 heteroatoms. The Balaban J connectivity index is 2.85. The molecule has 0 aliphatic rings. The lowest BCUT2D eigenvalue weighted by Crippen LogP contribution is -2.34. The number of rotatable bonds is 9. The second kappa shape index (κ2) is 8.93. The molecule has 0 saturated carbocycles. The maximum Gasteiger partial charge on any atom is 0.125 e. The first-order valence-electron chi connectivity index (χ1n) is 7.34. The molecule has 0 amide bonds. The Hall–Kier alpha value is -1.13. The summed E-state index contributed by atoms with van der Waals surface area (Å²) in [6.07, 6.45) is 1.08. The molecule has 1 aromatic rings. The van der Waals surface area contributed by atoms with Crippen LogP contribution >= 0.6 is 0 Å². The average molecular weight is 282 g/mol. The number of hydrogen-bond acceptors (Lipinski definition) is 3. The van der Waals surface area contributed by atoms with Crippen molar-refractivity contribution in [2.45, 2.75) is 39.8 Å². The molecule has 0 aromatic heterocycles. The van der Waals surface area contributed by atoms with Gasteiger partial charge in [0.15, 0.2) is 0 Å². The van der Waals surface area contributed by atoms with Gasteiger partial charge in [0.2, 0.25) is 0 Å². The second-order valence-corrected chi connectivity index (χ2v) is 5.27. The summed E-state index contributed by atoms with van der Waals surface area (Å²) in [6.45, 7) is 9.39. The zero-order chi connectivity index (χ0) is 15.0. The van der Waals surface area contributed by atoms with Gasteiger partial charge in [-0.3, -0.25) is 0 Å². The van der Waals surface area contributed by atoms with Crippen LogP contribution in [0.5, 0.6) is 0 Å². The summed E-state index contributed by atoms with van der Waals surface area (Å²) >= 11 is 0. The molecule has 0 unspecified atom stereocenters. The van der Waals surface area contributed by atoms with E-state index in [2.05, 4.69) is 37.1 Å².